The normalized spacial score (nSPS) is 11.6. The molecule has 2 aromatic carbocycles. The molecule has 21 heavy (non-hydrogen) atoms. The summed E-state index contributed by atoms with van der Waals surface area (Å²) in [5, 5.41) is 0.527. The van der Waals surface area contributed by atoms with Crippen LogP contribution in [0.4, 0.5) is 4.39 Å². The maximum Gasteiger partial charge on any atom is 0.240 e. The number of hydrogen-bond acceptors (Lipinski definition) is 3. The number of hydrogen-bond donors (Lipinski definition) is 2. The van der Waals surface area contributed by atoms with Gasteiger partial charge in [-0.2, -0.15) is 0 Å². The van der Waals surface area contributed by atoms with Crippen LogP contribution in [0.15, 0.2) is 47.4 Å². The molecule has 0 saturated carbocycles. The van der Waals surface area contributed by atoms with Crippen molar-refractivity contribution in [1.29, 1.82) is 0 Å². The highest BCUT2D eigenvalue weighted by Gasteiger charge is 2.15. The first-order valence-corrected chi connectivity index (χ1v) is 8.01. The molecule has 0 aliphatic carbocycles. The van der Waals surface area contributed by atoms with Gasteiger partial charge in [-0.25, -0.2) is 17.5 Å². The Morgan fingerprint density at radius 1 is 1.19 bits per heavy atom. The van der Waals surface area contributed by atoms with E-state index in [1.165, 1.54) is 12.1 Å². The number of nitrogens with two attached hydrogens (primary N) is 1. The Bertz CT molecular complexity index is 750. The molecular formula is C14H14ClFN2O2S. The predicted octanol–water partition coefficient (Wildman–Crippen LogP) is 2.42. The molecule has 7 heteroatoms. The van der Waals surface area contributed by atoms with Gasteiger partial charge in [0, 0.05) is 23.7 Å². The summed E-state index contributed by atoms with van der Waals surface area (Å²) in [7, 11) is -3.74. The lowest BCUT2D eigenvalue weighted by atomic mass is 10.2. The smallest absolute Gasteiger partial charge is 0.240 e. The van der Waals surface area contributed by atoms with E-state index in [1.54, 1.807) is 24.3 Å². The summed E-state index contributed by atoms with van der Waals surface area (Å²) in [5.74, 6) is -0.522. The largest absolute Gasteiger partial charge is 0.326 e. The molecule has 0 atom stereocenters. The van der Waals surface area contributed by atoms with E-state index in [9.17, 15) is 12.8 Å². The molecule has 0 aliphatic rings. The van der Waals surface area contributed by atoms with Gasteiger partial charge in [0.05, 0.1) is 4.90 Å². The van der Waals surface area contributed by atoms with E-state index < -0.39 is 15.8 Å². The molecule has 0 radical (unpaired) electrons. The van der Waals surface area contributed by atoms with Gasteiger partial charge in [-0.3, -0.25) is 0 Å². The van der Waals surface area contributed by atoms with E-state index in [0.717, 1.165) is 11.6 Å². The van der Waals surface area contributed by atoms with Gasteiger partial charge < -0.3 is 5.73 Å². The van der Waals surface area contributed by atoms with Crippen LogP contribution >= 0.6 is 11.6 Å². The van der Waals surface area contributed by atoms with Crippen LogP contribution in [-0.4, -0.2) is 8.42 Å². The molecule has 4 nitrogen and oxygen atoms in total. The first-order valence-electron chi connectivity index (χ1n) is 6.15. The van der Waals surface area contributed by atoms with Gasteiger partial charge in [0.1, 0.15) is 5.82 Å². The molecule has 0 saturated heterocycles. The van der Waals surface area contributed by atoms with Crippen LogP contribution in [0, 0.1) is 5.82 Å². The summed E-state index contributed by atoms with van der Waals surface area (Å²) in [6.07, 6.45) is 0. The first kappa shape index (κ1) is 15.9. The van der Waals surface area contributed by atoms with Crippen molar-refractivity contribution in [1.82, 2.24) is 4.72 Å². The van der Waals surface area contributed by atoms with Crippen molar-refractivity contribution in [2.45, 2.75) is 18.0 Å². The molecule has 2 aromatic rings. The van der Waals surface area contributed by atoms with Gasteiger partial charge in [0.2, 0.25) is 10.0 Å². The Morgan fingerprint density at radius 3 is 2.62 bits per heavy atom. The van der Waals surface area contributed by atoms with E-state index in [1.807, 2.05) is 0 Å². The Hall–Kier alpha value is -1.47. The highest BCUT2D eigenvalue weighted by atomic mass is 35.5. The van der Waals surface area contributed by atoms with Crippen molar-refractivity contribution in [3.8, 4) is 0 Å². The summed E-state index contributed by atoms with van der Waals surface area (Å²) in [5.41, 5.74) is 6.26. The third kappa shape index (κ3) is 4.01. The van der Waals surface area contributed by atoms with Crippen molar-refractivity contribution in [2.75, 3.05) is 0 Å². The Labute approximate surface area is 127 Å². The van der Waals surface area contributed by atoms with Crippen molar-refractivity contribution < 1.29 is 12.8 Å². The van der Waals surface area contributed by atoms with Crippen LogP contribution in [0.2, 0.25) is 5.02 Å². The second-order valence-electron chi connectivity index (χ2n) is 4.41. The Kier molecular flexibility index (Phi) is 4.95. The molecular weight excluding hydrogens is 315 g/mol. The molecule has 0 amide bonds. The van der Waals surface area contributed by atoms with Crippen LogP contribution in [-0.2, 0) is 23.1 Å². The van der Waals surface area contributed by atoms with Gasteiger partial charge in [-0.1, -0.05) is 23.7 Å². The van der Waals surface area contributed by atoms with Crippen molar-refractivity contribution in [3.05, 3.63) is 64.4 Å². The van der Waals surface area contributed by atoms with Crippen LogP contribution in [0.25, 0.3) is 0 Å². The SMILES string of the molecule is NCc1cc(S(=O)(=O)NCc2cccc(Cl)c2)ccc1F. The Morgan fingerprint density at radius 2 is 1.95 bits per heavy atom. The lowest BCUT2D eigenvalue weighted by Gasteiger charge is -2.09. The van der Waals surface area contributed by atoms with Gasteiger partial charge in [-0.05, 0) is 35.9 Å². The molecule has 0 aliphatic heterocycles. The molecule has 0 bridgehead atoms. The summed E-state index contributed by atoms with van der Waals surface area (Å²) in [4.78, 5) is -0.0219. The predicted molar refractivity (Wildman–Crippen MR) is 79.8 cm³/mol. The number of nitrogens with one attached hydrogen (secondary N) is 1. The third-order valence-corrected chi connectivity index (χ3v) is 4.54. The molecule has 0 fully saturated rings. The van der Waals surface area contributed by atoms with Crippen LogP contribution in [0.5, 0.6) is 0 Å². The first-order chi connectivity index (χ1) is 9.92. The monoisotopic (exact) mass is 328 g/mol. The van der Waals surface area contributed by atoms with E-state index in [0.29, 0.717) is 5.02 Å². The number of benzene rings is 2. The number of rotatable bonds is 5. The van der Waals surface area contributed by atoms with Gasteiger partial charge in [-0.15, -0.1) is 0 Å². The highest BCUT2D eigenvalue weighted by Crippen LogP contribution is 2.16. The second-order valence-corrected chi connectivity index (χ2v) is 6.62. The minimum absolute atomic E-state index is 0.0219. The second kappa shape index (κ2) is 6.53. The summed E-state index contributed by atoms with van der Waals surface area (Å²) < 4.78 is 40.1. The summed E-state index contributed by atoms with van der Waals surface area (Å²) in [6, 6.07) is 10.4. The number of sulfonamides is 1. The van der Waals surface area contributed by atoms with Crippen LogP contribution in [0.3, 0.4) is 0 Å². The molecule has 0 heterocycles. The average molecular weight is 329 g/mol. The maximum absolute atomic E-state index is 13.3. The summed E-state index contributed by atoms with van der Waals surface area (Å²) in [6.45, 7) is 0.0295. The zero-order valence-corrected chi connectivity index (χ0v) is 12.6. The lowest BCUT2D eigenvalue weighted by Crippen LogP contribution is -2.23. The molecule has 3 N–H and O–H groups in total. The van der Waals surface area contributed by atoms with E-state index >= 15 is 0 Å². The van der Waals surface area contributed by atoms with E-state index in [-0.39, 0.29) is 23.5 Å². The van der Waals surface area contributed by atoms with E-state index in [2.05, 4.69) is 4.72 Å². The van der Waals surface area contributed by atoms with Gasteiger partial charge >= 0.3 is 0 Å². The number of halogens is 2. The molecule has 0 spiro atoms. The quantitative estimate of drug-likeness (QED) is 0.885. The van der Waals surface area contributed by atoms with Crippen LogP contribution in [0.1, 0.15) is 11.1 Å². The fourth-order valence-electron chi connectivity index (χ4n) is 1.78. The molecule has 2 rings (SSSR count). The van der Waals surface area contributed by atoms with Gasteiger partial charge in [0.15, 0.2) is 0 Å². The zero-order valence-electron chi connectivity index (χ0n) is 11.0. The highest BCUT2D eigenvalue weighted by molar-refractivity contribution is 7.89. The Balaban J connectivity index is 2.18. The van der Waals surface area contributed by atoms with Gasteiger partial charge in [0.25, 0.3) is 0 Å². The summed E-state index contributed by atoms with van der Waals surface area (Å²) >= 11 is 5.84. The van der Waals surface area contributed by atoms with Crippen molar-refractivity contribution in [2.24, 2.45) is 5.73 Å². The average Bonchev–Trinajstić information content (AvgIpc) is 2.46. The minimum atomic E-state index is -3.74. The molecule has 112 valence electrons. The zero-order chi connectivity index (χ0) is 15.5. The maximum atomic E-state index is 13.3. The fraction of sp³-hybridized carbons (Fsp3) is 0.143. The molecule has 0 unspecified atom stereocenters. The lowest BCUT2D eigenvalue weighted by molar-refractivity contribution is 0.579. The topological polar surface area (TPSA) is 72.2 Å². The van der Waals surface area contributed by atoms with Crippen molar-refractivity contribution >= 4 is 21.6 Å². The standard InChI is InChI=1S/C14H14ClFN2O2S/c15-12-3-1-2-10(6-12)9-18-21(19,20)13-4-5-14(16)11(7-13)8-17/h1-7,18H,8-9,17H2. The minimum Gasteiger partial charge on any atom is -0.326 e. The van der Waals surface area contributed by atoms with Crippen molar-refractivity contribution in [3.63, 3.8) is 0 Å². The van der Waals surface area contributed by atoms with Crippen LogP contribution < -0.4 is 10.5 Å². The van der Waals surface area contributed by atoms with E-state index in [4.69, 9.17) is 17.3 Å². The molecule has 0 aromatic heterocycles. The fourth-order valence-corrected chi connectivity index (χ4v) is 3.06. The third-order valence-electron chi connectivity index (χ3n) is 2.90.